The molecule has 0 unspecified atom stereocenters. The first-order valence-electron chi connectivity index (χ1n) is 7.44. The Bertz CT molecular complexity index is 1030. The number of carboxylic acids is 1. The molecule has 4 heterocycles. The number of aromatic nitrogens is 4. The Morgan fingerprint density at radius 2 is 1.84 bits per heavy atom. The van der Waals surface area contributed by atoms with Gasteiger partial charge in [-0.3, -0.25) is 4.79 Å². The molecule has 0 radical (unpaired) electrons. The molecule has 6 nitrogen and oxygen atoms in total. The number of hydrogen-bond acceptors (Lipinski definition) is 3. The number of pyridine rings is 2. The maximum atomic E-state index is 10.4. The lowest BCUT2D eigenvalue weighted by Crippen LogP contribution is -2.03. The molecule has 4 rings (SSSR count). The summed E-state index contributed by atoms with van der Waals surface area (Å²) in [7, 11) is 0. The minimum Gasteiger partial charge on any atom is -0.481 e. The first-order valence-corrected chi connectivity index (χ1v) is 8.19. The summed E-state index contributed by atoms with van der Waals surface area (Å²) in [5.74, 6) is -0.814. The van der Waals surface area contributed by atoms with Crippen molar-refractivity contribution in [3.8, 4) is 0 Å². The Morgan fingerprint density at radius 1 is 1.12 bits per heavy atom. The summed E-state index contributed by atoms with van der Waals surface area (Å²) in [6, 6.07) is 7.49. The predicted octanol–water partition coefficient (Wildman–Crippen LogP) is 4.38. The van der Waals surface area contributed by atoms with E-state index in [0.717, 1.165) is 22.1 Å². The van der Waals surface area contributed by atoms with Crippen molar-refractivity contribution in [1.82, 2.24) is 19.5 Å². The van der Waals surface area contributed by atoms with E-state index in [0.29, 0.717) is 16.6 Å². The highest BCUT2D eigenvalue weighted by atomic mass is 35.5. The first kappa shape index (κ1) is 17.3. The van der Waals surface area contributed by atoms with E-state index in [1.165, 1.54) is 0 Å². The fourth-order valence-corrected chi connectivity index (χ4v) is 2.69. The molecule has 0 saturated carbocycles. The van der Waals surface area contributed by atoms with Gasteiger partial charge < -0.3 is 14.7 Å². The van der Waals surface area contributed by atoms with Crippen LogP contribution in [-0.4, -0.2) is 30.6 Å². The zero-order valence-electron chi connectivity index (χ0n) is 13.0. The molecule has 0 fully saturated rings. The summed E-state index contributed by atoms with van der Waals surface area (Å²) in [6.07, 6.45) is 6.93. The summed E-state index contributed by atoms with van der Waals surface area (Å²) < 4.78 is 1.81. The Hall–Kier alpha value is -2.57. The number of halogens is 2. The lowest BCUT2D eigenvalue weighted by molar-refractivity contribution is -0.137. The molecule has 2 N–H and O–H groups in total. The fraction of sp³-hybridized carbons (Fsp3) is 0.118. The molecule has 0 atom stereocenters. The molecule has 25 heavy (non-hydrogen) atoms. The molecule has 0 spiro atoms. The first-order chi connectivity index (χ1) is 12.0. The van der Waals surface area contributed by atoms with Gasteiger partial charge in [0, 0.05) is 42.1 Å². The molecule has 4 aromatic heterocycles. The highest BCUT2D eigenvalue weighted by molar-refractivity contribution is 6.31. The molecule has 0 aliphatic rings. The van der Waals surface area contributed by atoms with Gasteiger partial charge in [0.1, 0.15) is 11.3 Å². The number of carbonyl (C=O) groups is 1. The standard InChI is InChI=1S/C10H9ClN2O2.C7H5ClN2/c11-8-5-7-1-3-13(4-2-9(14)15)10(7)12-6-8;8-6-3-5-1-2-9-7(5)10-4-6/h1,3,5-6H,2,4H2,(H,14,15);1-4H,(H,9,10). The van der Waals surface area contributed by atoms with E-state index in [-0.39, 0.29) is 6.42 Å². The third-order valence-corrected chi connectivity index (χ3v) is 3.91. The molecule has 128 valence electrons. The van der Waals surface area contributed by atoms with E-state index in [2.05, 4.69) is 15.0 Å². The summed E-state index contributed by atoms with van der Waals surface area (Å²) >= 11 is 11.5. The Labute approximate surface area is 153 Å². The lowest BCUT2D eigenvalue weighted by atomic mass is 10.3. The topological polar surface area (TPSA) is 83.8 Å². The van der Waals surface area contributed by atoms with Gasteiger partial charge >= 0.3 is 5.97 Å². The second kappa shape index (κ2) is 7.55. The number of aryl methyl sites for hydroxylation is 1. The second-order valence-electron chi connectivity index (χ2n) is 5.29. The summed E-state index contributed by atoms with van der Waals surface area (Å²) in [6.45, 7) is 0.424. The third kappa shape index (κ3) is 4.29. The summed E-state index contributed by atoms with van der Waals surface area (Å²) in [5.41, 5.74) is 1.64. The summed E-state index contributed by atoms with van der Waals surface area (Å²) in [4.78, 5) is 21.6. The number of aromatic amines is 1. The highest BCUT2D eigenvalue weighted by Gasteiger charge is 2.04. The van der Waals surface area contributed by atoms with Crippen LogP contribution in [0.25, 0.3) is 22.1 Å². The second-order valence-corrected chi connectivity index (χ2v) is 6.16. The largest absolute Gasteiger partial charge is 0.481 e. The van der Waals surface area contributed by atoms with E-state index in [4.69, 9.17) is 28.3 Å². The number of H-pyrrole nitrogens is 1. The Kier molecular flexibility index (Phi) is 5.21. The molecule has 0 saturated heterocycles. The average molecular weight is 377 g/mol. The molecule has 4 aromatic rings. The number of nitrogens with zero attached hydrogens (tertiary/aromatic N) is 3. The lowest BCUT2D eigenvalue weighted by Gasteiger charge is -2.01. The SMILES string of the molecule is Clc1cnc2[nH]ccc2c1.O=C(O)CCn1ccc2cc(Cl)cnc21. The number of rotatable bonds is 3. The van der Waals surface area contributed by atoms with Crippen LogP contribution in [0.2, 0.25) is 10.0 Å². The predicted molar refractivity (Wildman–Crippen MR) is 98.1 cm³/mol. The van der Waals surface area contributed by atoms with Crippen LogP contribution in [0.4, 0.5) is 0 Å². The normalized spacial score (nSPS) is 10.6. The minimum atomic E-state index is -0.814. The van der Waals surface area contributed by atoms with Crippen molar-refractivity contribution in [3.05, 3.63) is 59.1 Å². The van der Waals surface area contributed by atoms with Crippen molar-refractivity contribution < 1.29 is 9.90 Å². The smallest absolute Gasteiger partial charge is 0.305 e. The van der Waals surface area contributed by atoms with Crippen LogP contribution in [0.1, 0.15) is 6.42 Å². The van der Waals surface area contributed by atoms with Gasteiger partial charge in [-0.15, -0.1) is 0 Å². The molecule has 0 amide bonds. The van der Waals surface area contributed by atoms with Gasteiger partial charge in [0.2, 0.25) is 0 Å². The fourth-order valence-electron chi connectivity index (χ4n) is 2.36. The quantitative estimate of drug-likeness (QED) is 0.555. The van der Waals surface area contributed by atoms with Crippen LogP contribution in [0, 0.1) is 0 Å². The van der Waals surface area contributed by atoms with E-state index in [1.807, 2.05) is 30.6 Å². The highest BCUT2D eigenvalue weighted by Crippen LogP contribution is 2.18. The molecule has 0 aliphatic carbocycles. The maximum Gasteiger partial charge on any atom is 0.305 e. The number of aliphatic carboxylic acids is 1. The van der Waals surface area contributed by atoms with Gasteiger partial charge in [0.15, 0.2) is 0 Å². The van der Waals surface area contributed by atoms with Gasteiger partial charge in [-0.1, -0.05) is 23.2 Å². The van der Waals surface area contributed by atoms with Crippen LogP contribution >= 0.6 is 23.2 Å². The van der Waals surface area contributed by atoms with Crippen molar-refractivity contribution >= 4 is 51.2 Å². The van der Waals surface area contributed by atoms with Gasteiger partial charge in [-0.2, -0.15) is 0 Å². The Balaban J connectivity index is 0.000000157. The van der Waals surface area contributed by atoms with Crippen molar-refractivity contribution in [1.29, 1.82) is 0 Å². The average Bonchev–Trinajstić information content (AvgIpc) is 3.19. The van der Waals surface area contributed by atoms with Gasteiger partial charge in [-0.05, 0) is 24.3 Å². The van der Waals surface area contributed by atoms with Crippen LogP contribution in [0.3, 0.4) is 0 Å². The van der Waals surface area contributed by atoms with Crippen molar-refractivity contribution in [2.45, 2.75) is 13.0 Å². The Morgan fingerprint density at radius 3 is 2.60 bits per heavy atom. The van der Waals surface area contributed by atoms with Gasteiger partial charge in [0.05, 0.1) is 16.5 Å². The van der Waals surface area contributed by atoms with Gasteiger partial charge in [0.25, 0.3) is 0 Å². The van der Waals surface area contributed by atoms with Crippen LogP contribution in [0.15, 0.2) is 49.1 Å². The monoisotopic (exact) mass is 376 g/mol. The molecule has 0 aromatic carbocycles. The van der Waals surface area contributed by atoms with E-state index < -0.39 is 5.97 Å². The van der Waals surface area contributed by atoms with Crippen LogP contribution in [0.5, 0.6) is 0 Å². The maximum absolute atomic E-state index is 10.4. The number of hydrogen-bond donors (Lipinski definition) is 2. The minimum absolute atomic E-state index is 0.0914. The van der Waals surface area contributed by atoms with E-state index >= 15 is 0 Å². The molecule has 8 heteroatoms. The van der Waals surface area contributed by atoms with Gasteiger partial charge in [-0.25, -0.2) is 9.97 Å². The van der Waals surface area contributed by atoms with Crippen molar-refractivity contribution in [2.75, 3.05) is 0 Å². The van der Waals surface area contributed by atoms with Crippen molar-refractivity contribution in [3.63, 3.8) is 0 Å². The summed E-state index contributed by atoms with van der Waals surface area (Å²) in [5, 5.41) is 11.8. The van der Waals surface area contributed by atoms with E-state index in [9.17, 15) is 4.79 Å². The number of nitrogens with one attached hydrogen (secondary N) is 1. The molecular formula is C17H14Cl2N4O2. The van der Waals surface area contributed by atoms with E-state index in [1.54, 1.807) is 23.0 Å². The number of fused-ring (bicyclic) bond motifs is 2. The number of carboxylic acid groups (broad SMARTS) is 1. The zero-order chi connectivity index (χ0) is 17.8. The third-order valence-electron chi connectivity index (χ3n) is 3.50. The van der Waals surface area contributed by atoms with Crippen LogP contribution < -0.4 is 0 Å². The zero-order valence-corrected chi connectivity index (χ0v) is 14.5. The molecular weight excluding hydrogens is 363 g/mol. The van der Waals surface area contributed by atoms with Crippen LogP contribution in [-0.2, 0) is 11.3 Å². The van der Waals surface area contributed by atoms with Crippen molar-refractivity contribution in [2.24, 2.45) is 0 Å². The molecule has 0 bridgehead atoms. The molecule has 0 aliphatic heterocycles.